The van der Waals surface area contributed by atoms with E-state index in [-0.39, 0.29) is 0 Å². The molecule has 3 heteroatoms. The van der Waals surface area contributed by atoms with Gasteiger partial charge in [-0.3, -0.25) is 4.79 Å². The Morgan fingerprint density at radius 3 is 2.69 bits per heavy atom. The summed E-state index contributed by atoms with van der Waals surface area (Å²) >= 11 is 0. The maximum Gasteiger partial charge on any atom is 0.249 e. The number of hydrogen-bond donors (Lipinski definition) is 2. The van der Waals surface area contributed by atoms with Crippen LogP contribution in [0.2, 0.25) is 0 Å². The highest BCUT2D eigenvalue weighted by Crippen LogP contribution is 2.19. The van der Waals surface area contributed by atoms with Crippen LogP contribution < -0.4 is 5.73 Å². The molecular formula is C10H13NO2. The summed E-state index contributed by atoms with van der Waals surface area (Å²) in [5.74, 6) is -0.497. The van der Waals surface area contributed by atoms with Crippen LogP contribution in [-0.2, 0) is 0 Å². The van der Waals surface area contributed by atoms with Gasteiger partial charge in [0.05, 0.1) is 6.10 Å². The fourth-order valence-electron chi connectivity index (χ4n) is 1.23. The molecule has 0 aliphatic rings. The predicted octanol–water partition coefficient (Wildman–Crippen LogP) is 1.23. The van der Waals surface area contributed by atoms with Gasteiger partial charge < -0.3 is 10.8 Å². The Bertz CT molecular complexity index is 310. The second-order valence-corrected chi connectivity index (χ2v) is 2.88. The Labute approximate surface area is 77.2 Å². The Kier molecular flexibility index (Phi) is 3.03. The normalized spacial score (nSPS) is 12.5. The molecule has 13 heavy (non-hydrogen) atoms. The van der Waals surface area contributed by atoms with Crippen molar-refractivity contribution in [3.63, 3.8) is 0 Å². The van der Waals surface area contributed by atoms with Crippen molar-refractivity contribution in [1.82, 2.24) is 0 Å². The lowest BCUT2D eigenvalue weighted by Gasteiger charge is -2.11. The molecule has 0 aliphatic carbocycles. The van der Waals surface area contributed by atoms with Crippen LogP contribution in [0.1, 0.15) is 35.4 Å². The number of aliphatic hydroxyl groups is 1. The molecule has 0 heterocycles. The maximum absolute atomic E-state index is 11.0. The van der Waals surface area contributed by atoms with Crippen molar-refractivity contribution >= 4 is 5.91 Å². The molecule has 1 atom stereocenters. The zero-order valence-electron chi connectivity index (χ0n) is 7.53. The minimum atomic E-state index is -0.608. The lowest BCUT2D eigenvalue weighted by Crippen LogP contribution is -2.15. The largest absolute Gasteiger partial charge is 0.388 e. The standard InChI is InChI=1S/C10H13NO2/c1-2-9(12)7-5-3-4-6-8(7)10(11)13/h3-6,9,12H,2H2,1H3,(H2,11,13). The molecule has 0 aromatic heterocycles. The Morgan fingerprint density at radius 1 is 1.54 bits per heavy atom. The van der Waals surface area contributed by atoms with Gasteiger partial charge >= 0.3 is 0 Å². The average molecular weight is 179 g/mol. The summed E-state index contributed by atoms with van der Waals surface area (Å²) in [7, 11) is 0. The van der Waals surface area contributed by atoms with Gasteiger partial charge in [-0.25, -0.2) is 0 Å². The van der Waals surface area contributed by atoms with E-state index in [0.717, 1.165) is 0 Å². The van der Waals surface area contributed by atoms with E-state index in [0.29, 0.717) is 17.5 Å². The van der Waals surface area contributed by atoms with Crippen LogP contribution in [0.3, 0.4) is 0 Å². The number of aliphatic hydroxyl groups excluding tert-OH is 1. The number of hydrogen-bond acceptors (Lipinski definition) is 2. The lowest BCUT2D eigenvalue weighted by atomic mass is 10.0. The van der Waals surface area contributed by atoms with Crippen LogP contribution in [0, 0.1) is 0 Å². The number of carbonyl (C=O) groups excluding carboxylic acids is 1. The molecule has 1 unspecified atom stereocenters. The fourth-order valence-corrected chi connectivity index (χ4v) is 1.23. The molecular weight excluding hydrogens is 166 g/mol. The number of amides is 1. The molecule has 1 aromatic rings. The molecule has 1 amide bonds. The topological polar surface area (TPSA) is 63.3 Å². The average Bonchev–Trinajstić information content (AvgIpc) is 2.16. The minimum absolute atomic E-state index is 0.400. The summed E-state index contributed by atoms with van der Waals surface area (Å²) in [6, 6.07) is 6.84. The molecule has 0 spiro atoms. The summed E-state index contributed by atoms with van der Waals surface area (Å²) in [5.41, 5.74) is 6.17. The molecule has 0 aliphatic heterocycles. The molecule has 70 valence electrons. The first-order valence-electron chi connectivity index (χ1n) is 4.23. The first kappa shape index (κ1) is 9.74. The summed E-state index contributed by atoms with van der Waals surface area (Å²) in [6.45, 7) is 1.85. The third-order valence-electron chi connectivity index (χ3n) is 1.97. The van der Waals surface area contributed by atoms with E-state index in [1.54, 1.807) is 24.3 Å². The first-order chi connectivity index (χ1) is 6.16. The van der Waals surface area contributed by atoms with E-state index in [2.05, 4.69) is 0 Å². The molecule has 0 radical (unpaired) electrons. The summed E-state index contributed by atoms with van der Waals surface area (Å²) in [6.07, 6.45) is -0.0340. The zero-order chi connectivity index (χ0) is 9.84. The van der Waals surface area contributed by atoms with Crippen LogP contribution in [0.15, 0.2) is 24.3 Å². The molecule has 3 nitrogen and oxygen atoms in total. The van der Waals surface area contributed by atoms with Crippen LogP contribution in [0.25, 0.3) is 0 Å². The van der Waals surface area contributed by atoms with E-state index < -0.39 is 12.0 Å². The van der Waals surface area contributed by atoms with Gasteiger partial charge in [0.15, 0.2) is 0 Å². The highest BCUT2D eigenvalue weighted by atomic mass is 16.3. The van der Waals surface area contributed by atoms with Crippen LogP contribution >= 0.6 is 0 Å². The Morgan fingerprint density at radius 2 is 2.15 bits per heavy atom. The van der Waals surface area contributed by atoms with E-state index >= 15 is 0 Å². The maximum atomic E-state index is 11.0. The summed E-state index contributed by atoms with van der Waals surface area (Å²) in [5, 5.41) is 9.55. The van der Waals surface area contributed by atoms with Crippen LogP contribution in [-0.4, -0.2) is 11.0 Å². The van der Waals surface area contributed by atoms with Gasteiger partial charge in [0.25, 0.3) is 0 Å². The lowest BCUT2D eigenvalue weighted by molar-refractivity contribution is 0.0992. The van der Waals surface area contributed by atoms with E-state index in [4.69, 9.17) is 5.73 Å². The van der Waals surface area contributed by atoms with Crippen molar-refractivity contribution in [2.24, 2.45) is 5.73 Å². The third-order valence-corrected chi connectivity index (χ3v) is 1.97. The van der Waals surface area contributed by atoms with Crippen molar-refractivity contribution in [3.8, 4) is 0 Å². The number of benzene rings is 1. The highest BCUT2D eigenvalue weighted by molar-refractivity contribution is 5.94. The molecule has 1 rings (SSSR count). The Balaban J connectivity index is 3.11. The second kappa shape index (κ2) is 4.05. The van der Waals surface area contributed by atoms with Gasteiger partial charge in [0.2, 0.25) is 5.91 Å². The van der Waals surface area contributed by atoms with Crippen molar-refractivity contribution < 1.29 is 9.90 Å². The van der Waals surface area contributed by atoms with Gasteiger partial charge in [0.1, 0.15) is 0 Å². The number of nitrogens with two attached hydrogens (primary N) is 1. The molecule has 0 saturated heterocycles. The van der Waals surface area contributed by atoms with Gasteiger partial charge in [-0.05, 0) is 18.1 Å². The van der Waals surface area contributed by atoms with E-state index in [9.17, 15) is 9.90 Å². The Hall–Kier alpha value is -1.35. The van der Waals surface area contributed by atoms with Crippen LogP contribution in [0.5, 0.6) is 0 Å². The number of carbonyl (C=O) groups is 1. The monoisotopic (exact) mass is 179 g/mol. The van der Waals surface area contributed by atoms with Crippen molar-refractivity contribution in [3.05, 3.63) is 35.4 Å². The van der Waals surface area contributed by atoms with Gasteiger partial charge in [-0.1, -0.05) is 25.1 Å². The number of rotatable bonds is 3. The van der Waals surface area contributed by atoms with Gasteiger partial charge in [-0.2, -0.15) is 0 Å². The minimum Gasteiger partial charge on any atom is -0.388 e. The molecule has 1 aromatic carbocycles. The summed E-state index contributed by atoms with van der Waals surface area (Å²) in [4.78, 5) is 11.0. The van der Waals surface area contributed by atoms with Gasteiger partial charge in [-0.15, -0.1) is 0 Å². The van der Waals surface area contributed by atoms with Crippen LogP contribution in [0.4, 0.5) is 0 Å². The smallest absolute Gasteiger partial charge is 0.249 e. The van der Waals surface area contributed by atoms with Crippen molar-refractivity contribution in [2.75, 3.05) is 0 Å². The molecule has 3 N–H and O–H groups in total. The van der Waals surface area contributed by atoms with Gasteiger partial charge in [0, 0.05) is 5.56 Å². The van der Waals surface area contributed by atoms with E-state index in [1.165, 1.54) is 0 Å². The first-order valence-corrected chi connectivity index (χ1v) is 4.23. The predicted molar refractivity (Wildman–Crippen MR) is 50.2 cm³/mol. The molecule has 0 saturated carbocycles. The summed E-state index contributed by atoms with van der Waals surface area (Å²) < 4.78 is 0. The second-order valence-electron chi connectivity index (χ2n) is 2.88. The third kappa shape index (κ3) is 2.06. The number of primary amides is 1. The van der Waals surface area contributed by atoms with Crippen molar-refractivity contribution in [1.29, 1.82) is 0 Å². The quantitative estimate of drug-likeness (QED) is 0.733. The SMILES string of the molecule is CCC(O)c1ccccc1C(N)=O. The molecule has 0 fully saturated rings. The molecule has 0 bridgehead atoms. The van der Waals surface area contributed by atoms with E-state index in [1.807, 2.05) is 6.92 Å². The highest BCUT2D eigenvalue weighted by Gasteiger charge is 2.12. The van der Waals surface area contributed by atoms with Crippen molar-refractivity contribution in [2.45, 2.75) is 19.4 Å². The zero-order valence-corrected chi connectivity index (χ0v) is 7.53. The fraction of sp³-hybridized carbons (Fsp3) is 0.300.